The quantitative estimate of drug-likeness (QED) is 0.443. The molecule has 2 nitrogen and oxygen atoms in total. The van der Waals surface area contributed by atoms with E-state index in [0.717, 1.165) is 23.7 Å². The van der Waals surface area contributed by atoms with E-state index < -0.39 is 0 Å². The largest absolute Gasteiger partial charge is 0.486 e. The van der Waals surface area contributed by atoms with E-state index in [4.69, 9.17) is 15.9 Å². The molecule has 0 aliphatic carbocycles. The van der Waals surface area contributed by atoms with Gasteiger partial charge in [-0.1, -0.05) is 0 Å². The third-order valence-electron chi connectivity index (χ3n) is 2.03. The molecule has 78 valence electrons. The molecule has 0 unspecified atom stereocenters. The van der Waals surface area contributed by atoms with E-state index in [1.54, 1.807) is 11.8 Å². The third-order valence-corrected chi connectivity index (χ3v) is 3.02. The molecule has 0 saturated carbocycles. The van der Waals surface area contributed by atoms with Gasteiger partial charge in [-0.2, -0.15) is 0 Å². The molecule has 1 aliphatic heterocycles. The molecule has 0 saturated heterocycles. The van der Waals surface area contributed by atoms with Crippen LogP contribution < -0.4 is 9.47 Å². The summed E-state index contributed by atoms with van der Waals surface area (Å²) in [5.74, 6) is 5.24. The van der Waals surface area contributed by atoms with Crippen LogP contribution in [-0.2, 0) is 0 Å². The number of hydrogen-bond donors (Lipinski definition) is 0. The summed E-state index contributed by atoms with van der Waals surface area (Å²) in [6, 6.07) is 6.00. The van der Waals surface area contributed by atoms with Crippen molar-refractivity contribution in [2.24, 2.45) is 0 Å². The smallest absolute Gasteiger partial charge is 0.162 e. The van der Waals surface area contributed by atoms with Crippen molar-refractivity contribution in [3.8, 4) is 23.8 Å². The fraction of sp³-hybridized carbons (Fsp3) is 0.333. The van der Waals surface area contributed by atoms with Crippen LogP contribution in [0.2, 0.25) is 0 Å². The lowest BCUT2D eigenvalue weighted by Crippen LogP contribution is -2.15. The molecule has 0 bridgehead atoms. The minimum Gasteiger partial charge on any atom is -0.486 e. The van der Waals surface area contributed by atoms with E-state index in [1.165, 1.54) is 4.90 Å². The number of thioether (sulfide) groups is 1. The van der Waals surface area contributed by atoms with E-state index in [2.05, 4.69) is 5.92 Å². The van der Waals surface area contributed by atoms with Gasteiger partial charge in [0.15, 0.2) is 11.5 Å². The van der Waals surface area contributed by atoms with Crippen molar-refractivity contribution in [2.45, 2.75) is 11.3 Å². The molecular weight excluding hydrogens is 208 g/mol. The van der Waals surface area contributed by atoms with Gasteiger partial charge in [0, 0.05) is 17.1 Å². The topological polar surface area (TPSA) is 18.5 Å². The molecule has 1 aliphatic rings. The maximum Gasteiger partial charge on any atom is 0.162 e. The molecule has 0 amide bonds. The summed E-state index contributed by atoms with van der Waals surface area (Å²) in [7, 11) is 0. The Morgan fingerprint density at radius 1 is 1.27 bits per heavy atom. The van der Waals surface area contributed by atoms with Crippen LogP contribution in [0.5, 0.6) is 11.5 Å². The van der Waals surface area contributed by atoms with E-state index >= 15 is 0 Å². The van der Waals surface area contributed by atoms with Crippen LogP contribution in [0.4, 0.5) is 0 Å². The van der Waals surface area contributed by atoms with Gasteiger partial charge in [0.2, 0.25) is 0 Å². The van der Waals surface area contributed by atoms with Crippen LogP contribution in [0.3, 0.4) is 0 Å². The lowest BCUT2D eigenvalue weighted by atomic mass is 10.3. The standard InChI is InChI=1S/C12H12O2S/c1-2-3-8-15-10-4-5-11-12(9-10)14-7-6-13-11/h1,4-5,9H,3,6-8H2. The van der Waals surface area contributed by atoms with Gasteiger partial charge in [-0.15, -0.1) is 24.1 Å². The van der Waals surface area contributed by atoms with Gasteiger partial charge in [0.05, 0.1) is 0 Å². The number of hydrogen-bond acceptors (Lipinski definition) is 3. The van der Waals surface area contributed by atoms with Crippen molar-refractivity contribution in [1.82, 2.24) is 0 Å². The Morgan fingerprint density at radius 3 is 2.87 bits per heavy atom. The summed E-state index contributed by atoms with van der Waals surface area (Å²) in [5.41, 5.74) is 0. The van der Waals surface area contributed by atoms with Crippen LogP contribution in [0, 0.1) is 12.3 Å². The first-order valence-corrected chi connectivity index (χ1v) is 5.84. The summed E-state index contributed by atoms with van der Waals surface area (Å²) in [6.45, 7) is 1.27. The van der Waals surface area contributed by atoms with Gasteiger partial charge < -0.3 is 9.47 Å². The number of ether oxygens (including phenoxy) is 2. The second-order valence-electron chi connectivity index (χ2n) is 3.11. The van der Waals surface area contributed by atoms with Crippen LogP contribution in [0.25, 0.3) is 0 Å². The fourth-order valence-electron chi connectivity index (χ4n) is 1.34. The molecule has 0 N–H and O–H groups in total. The van der Waals surface area contributed by atoms with Gasteiger partial charge >= 0.3 is 0 Å². The highest BCUT2D eigenvalue weighted by atomic mass is 32.2. The molecule has 0 fully saturated rings. The number of benzene rings is 1. The van der Waals surface area contributed by atoms with Gasteiger partial charge in [0.25, 0.3) is 0 Å². The fourth-order valence-corrected chi connectivity index (χ4v) is 2.15. The summed E-state index contributed by atoms with van der Waals surface area (Å²) in [6.07, 6.45) is 5.99. The van der Waals surface area contributed by atoms with Crippen molar-refractivity contribution in [3.63, 3.8) is 0 Å². The second-order valence-corrected chi connectivity index (χ2v) is 4.28. The zero-order chi connectivity index (χ0) is 10.5. The predicted molar refractivity (Wildman–Crippen MR) is 61.6 cm³/mol. The zero-order valence-electron chi connectivity index (χ0n) is 8.36. The Balaban J connectivity index is 2.04. The van der Waals surface area contributed by atoms with Gasteiger partial charge in [-0.3, -0.25) is 0 Å². The maximum absolute atomic E-state index is 5.49. The van der Waals surface area contributed by atoms with Gasteiger partial charge in [0.1, 0.15) is 13.2 Å². The number of rotatable bonds is 3. The number of fused-ring (bicyclic) bond motifs is 1. The highest BCUT2D eigenvalue weighted by Gasteiger charge is 2.11. The highest BCUT2D eigenvalue weighted by molar-refractivity contribution is 7.99. The summed E-state index contributed by atoms with van der Waals surface area (Å²) >= 11 is 1.74. The Morgan fingerprint density at radius 2 is 2.07 bits per heavy atom. The SMILES string of the molecule is C#CCCSc1ccc2c(c1)OCCO2. The average molecular weight is 220 g/mol. The molecule has 15 heavy (non-hydrogen) atoms. The lowest BCUT2D eigenvalue weighted by Gasteiger charge is -2.18. The summed E-state index contributed by atoms with van der Waals surface area (Å²) < 4.78 is 10.9. The first kappa shape index (κ1) is 10.3. The van der Waals surface area contributed by atoms with Crippen LogP contribution >= 0.6 is 11.8 Å². The molecule has 3 heteroatoms. The van der Waals surface area contributed by atoms with Crippen LogP contribution in [-0.4, -0.2) is 19.0 Å². The lowest BCUT2D eigenvalue weighted by molar-refractivity contribution is 0.171. The predicted octanol–water partition coefficient (Wildman–Crippen LogP) is 2.57. The summed E-state index contributed by atoms with van der Waals surface area (Å²) in [4.78, 5) is 1.18. The average Bonchev–Trinajstić information content (AvgIpc) is 2.29. The van der Waals surface area contributed by atoms with Gasteiger partial charge in [-0.25, -0.2) is 0 Å². The first-order valence-electron chi connectivity index (χ1n) is 4.86. The van der Waals surface area contributed by atoms with E-state index in [0.29, 0.717) is 13.2 Å². The minimum absolute atomic E-state index is 0.630. The molecule has 1 heterocycles. The molecule has 1 aromatic rings. The Labute approximate surface area is 94.0 Å². The van der Waals surface area contributed by atoms with Crippen molar-refractivity contribution in [2.75, 3.05) is 19.0 Å². The molecule has 0 spiro atoms. The van der Waals surface area contributed by atoms with Gasteiger partial charge in [-0.05, 0) is 18.2 Å². The van der Waals surface area contributed by atoms with Crippen molar-refractivity contribution < 1.29 is 9.47 Å². The molecule has 0 atom stereocenters. The van der Waals surface area contributed by atoms with Crippen LogP contribution in [0.15, 0.2) is 23.1 Å². The molecule has 0 radical (unpaired) electrons. The molecule has 2 rings (SSSR count). The zero-order valence-corrected chi connectivity index (χ0v) is 9.18. The van der Waals surface area contributed by atoms with E-state index in [1.807, 2.05) is 18.2 Å². The summed E-state index contributed by atoms with van der Waals surface area (Å²) in [5, 5.41) is 0. The maximum atomic E-state index is 5.49. The van der Waals surface area contributed by atoms with E-state index in [9.17, 15) is 0 Å². The Hall–Kier alpha value is -1.27. The molecular formula is C12H12O2S. The minimum atomic E-state index is 0.630. The van der Waals surface area contributed by atoms with Crippen molar-refractivity contribution in [1.29, 1.82) is 0 Å². The Bertz CT molecular complexity index is 382. The number of terminal acetylenes is 1. The highest BCUT2D eigenvalue weighted by Crippen LogP contribution is 2.34. The third kappa shape index (κ3) is 2.60. The second kappa shape index (κ2) is 4.99. The normalized spacial score (nSPS) is 13.3. The molecule has 1 aromatic carbocycles. The monoisotopic (exact) mass is 220 g/mol. The Kier molecular flexibility index (Phi) is 3.41. The molecule has 0 aromatic heterocycles. The van der Waals surface area contributed by atoms with Crippen molar-refractivity contribution >= 4 is 11.8 Å². The van der Waals surface area contributed by atoms with Crippen molar-refractivity contribution in [3.05, 3.63) is 18.2 Å². The van der Waals surface area contributed by atoms with E-state index in [-0.39, 0.29) is 0 Å². The van der Waals surface area contributed by atoms with Crippen LogP contribution in [0.1, 0.15) is 6.42 Å². The first-order chi connectivity index (χ1) is 7.40.